The summed E-state index contributed by atoms with van der Waals surface area (Å²) in [6.07, 6.45) is 0.298. The van der Waals surface area contributed by atoms with Gasteiger partial charge in [0.15, 0.2) is 0 Å². The van der Waals surface area contributed by atoms with Crippen molar-refractivity contribution in [3.8, 4) is 0 Å². The van der Waals surface area contributed by atoms with Crippen LogP contribution in [0.2, 0.25) is 0 Å². The third-order valence-corrected chi connectivity index (χ3v) is 3.22. The van der Waals surface area contributed by atoms with Crippen LogP contribution in [0.15, 0.2) is 18.2 Å². The zero-order chi connectivity index (χ0) is 14.5. The van der Waals surface area contributed by atoms with Crippen LogP contribution in [-0.4, -0.2) is 37.6 Å². The summed E-state index contributed by atoms with van der Waals surface area (Å²) in [7, 11) is 0. The molecule has 0 radical (unpaired) electrons. The highest BCUT2D eigenvalue weighted by Crippen LogP contribution is 2.19. The van der Waals surface area contributed by atoms with E-state index in [9.17, 15) is 9.59 Å². The Bertz CT molecular complexity index is 516. The summed E-state index contributed by atoms with van der Waals surface area (Å²) in [5, 5.41) is 5.95. The second-order valence-electron chi connectivity index (χ2n) is 4.84. The van der Waals surface area contributed by atoms with Gasteiger partial charge in [0.1, 0.15) is 0 Å². The van der Waals surface area contributed by atoms with Gasteiger partial charge in [0.25, 0.3) is 5.91 Å². The zero-order valence-electron chi connectivity index (χ0n) is 11.8. The maximum Gasteiger partial charge on any atom is 0.251 e. The van der Waals surface area contributed by atoms with Gasteiger partial charge in [-0.15, -0.1) is 12.4 Å². The molecule has 1 aliphatic heterocycles. The number of morpholine rings is 1. The molecule has 1 saturated heterocycles. The lowest BCUT2D eigenvalue weighted by molar-refractivity contribution is -0.117. The van der Waals surface area contributed by atoms with Gasteiger partial charge in [-0.25, -0.2) is 0 Å². The summed E-state index contributed by atoms with van der Waals surface area (Å²) in [5.74, 6) is -0.710. The predicted octanol–water partition coefficient (Wildman–Crippen LogP) is 0.833. The van der Waals surface area contributed by atoms with Gasteiger partial charge in [-0.05, 0) is 18.6 Å². The average Bonchev–Trinajstić information content (AvgIpc) is 2.39. The number of halogens is 1. The normalized spacial score (nSPS) is 17.7. The van der Waals surface area contributed by atoms with E-state index in [1.54, 1.807) is 25.1 Å². The highest BCUT2D eigenvalue weighted by atomic mass is 35.5. The number of carbonyl (C=O) groups excluding carboxylic acids is 2. The van der Waals surface area contributed by atoms with Crippen LogP contribution in [0.4, 0.5) is 5.69 Å². The Morgan fingerprint density at radius 1 is 1.48 bits per heavy atom. The van der Waals surface area contributed by atoms with Gasteiger partial charge in [-0.3, -0.25) is 9.59 Å². The van der Waals surface area contributed by atoms with E-state index < -0.39 is 5.91 Å². The molecule has 4 N–H and O–H groups in total. The van der Waals surface area contributed by atoms with Gasteiger partial charge in [0, 0.05) is 19.0 Å². The molecule has 0 bridgehead atoms. The Balaban J connectivity index is 0.00000220. The summed E-state index contributed by atoms with van der Waals surface area (Å²) < 4.78 is 5.30. The molecule has 0 aromatic heterocycles. The monoisotopic (exact) mass is 313 g/mol. The molecule has 2 rings (SSSR count). The van der Waals surface area contributed by atoms with Crippen LogP contribution in [0, 0.1) is 6.92 Å². The van der Waals surface area contributed by atoms with E-state index in [1.807, 2.05) is 0 Å². The second kappa shape index (κ2) is 7.97. The number of hydrogen-bond donors (Lipinski definition) is 3. The van der Waals surface area contributed by atoms with Crippen LogP contribution in [0.5, 0.6) is 0 Å². The zero-order valence-corrected chi connectivity index (χ0v) is 12.7. The van der Waals surface area contributed by atoms with E-state index in [1.165, 1.54) is 0 Å². The van der Waals surface area contributed by atoms with Crippen molar-refractivity contribution in [2.75, 3.05) is 25.1 Å². The lowest BCUT2D eigenvalue weighted by Gasteiger charge is -2.23. The predicted molar refractivity (Wildman–Crippen MR) is 82.8 cm³/mol. The minimum atomic E-state index is -0.544. The molecule has 6 nitrogen and oxygen atoms in total. The van der Waals surface area contributed by atoms with Crippen molar-refractivity contribution in [2.24, 2.45) is 5.73 Å². The van der Waals surface area contributed by atoms with E-state index in [-0.39, 0.29) is 24.4 Å². The van der Waals surface area contributed by atoms with Crippen LogP contribution in [-0.2, 0) is 9.53 Å². The molecule has 1 aliphatic rings. The number of primary amides is 1. The smallest absolute Gasteiger partial charge is 0.251 e. The summed E-state index contributed by atoms with van der Waals surface area (Å²) >= 11 is 0. The molecular weight excluding hydrogens is 294 g/mol. The SMILES string of the molecule is Cc1cccc(NC(=O)CC2COCCN2)c1C(N)=O.Cl. The quantitative estimate of drug-likeness (QED) is 0.767. The van der Waals surface area contributed by atoms with Crippen LogP contribution in [0.3, 0.4) is 0 Å². The van der Waals surface area contributed by atoms with Crippen molar-refractivity contribution in [3.05, 3.63) is 29.3 Å². The third-order valence-electron chi connectivity index (χ3n) is 3.22. The number of anilines is 1. The van der Waals surface area contributed by atoms with Crippen LogP contribution in [0.1, 0.15) is 22.3 Å². The Morgan fingerprint density at radius 2 is 2.24 bits per heavy atom. The number of hydrogen-bond acceptors (Lipinski definition) is 4. The number of amides is 2. The first-order valence-electron chi connectivity index (χ1n) is 6.58. The number of ether oxygens (including phenoxy) is 1. The molecule has 1 aromatic carbocycles. The Kier molecular flexibility index (Phi) is 6.61. The minimum Gasteiger partial charge on any atom is -0.378 e. The van der Waals surface area contributed by atoms with Gasteiger partial charge in [-0.1, -0.05) is 12.1 Å². The summed E-state index contributed by atoms with van der Waals surface area (Å²) in [6.45, 7) is 3.72. The Hall–Kier alpha value is -1.63. The standard InChI is InChI=1S/C14H19N3O3.ClH/c1-9-3-2-4-11(13(9)14(15)19)17-12(18)7-10-8-20-6-5-16-10;/h2-4,10,16H,5-8H2,1H3,(H2,15,19)(H,17,18);1H. The number of carbonyl (C=O) groups is 2. The minimum absolute atomic E-state index is 0. The molecule has 116 valence electrons. The van der Waals surface area contributed by atoms with Gasteiger partial charge in [0.2, 0.25) is 5.91 Å². The first kappa shape index (κ1) is 17.4. The molecule has 1 heterocycles. The average molecular weight is 314 g/mol. The molecule has 0 saturated carbocycles. The first-order valence-corrected chi connectivity index (χ1v) is 6.58. The van der Waals surface area contributed by atoms with Crippen molar-refractivity contribution in [2.45, 2.75) is 19.4 Å². The lowest BCUT2D eigenvalue weighted by Crippen LogP contribution is -2.43. The van der Waals surface area contributed by atoms with E-state index in [4.69, 9.17) is 10.5 Å². The van der Waals surface area contributed by atoms with Crippen LogP contribution in [0.25, 0.3) is 0 Å². The van der Waals surface area contributed by atoms with Crippen molar-refractivity contribution in [1.82, 2.24) is 5.32 Å². The highest BCUT2D eigenvalue weighted by Gasteiger charge is 2.18. The molecule has 1 aromatic rings. The molecule has 1 fully saturated rings. The van der Waals surface area contributed by atoms with E-state index in [0.717, 1.165) is 12.1 Å². The maximum absolute atomic E-state index is 12.0. The number of aryl methyl sites for hydroxylation is 1. The van der Waals surface area contributed by atoms with Gasteiger partial charge in [-0.2, -0.15) is 0 Å². The highest BCUT2D eigenvalue weighted by molar-refractivity contribution is 6.04. The number of nitrogens with two attached hydrogens (primary N) is 1. The molecule has 0 aliphatic carbocycles. The lowest BCUT2D eigenvalue weighted by atomic mass is 10.1. The van der Waals surface area contributed by atoms with Crippen LogP contribution < -0.4 is 16.4 Å². The fourth-order valence-corrected chi connectivity index (χ4v) is 2.27. The molecule has 2 amide bonds. The Morgan fingerprint density at radius 3 is 2.86 bits per heavy atom. The first-order chi connectivity index (χ1) is 9.58. The molecule has 7 heteroatoms. The molecule has 1 atom stereocenters. The molecule has 21 heavy (non-hydrogen) atoms. The van der Waals surface area contributed by atoms with Crippen molar-refractivity contribution in [1.29, 1.82) is 0 Å². The van der Waals surface area contributed by atoms with E-state index in [0.29, 0.717) is 30.9 Å². The third kappa shape index (κ3) is 4.70. The second-order valence-corrected chi connectivity index (χ2v) is 4.84. The fraction of sp³-hybridized carbons (Fsp3) is 0.429. The van der Waals surface area contributed by atoms with E-state index >= 15 is 0 Å². The van der Waals surface area contributed by atoms with Gasteiger partial charge >= 0.3 is 0 Å². The molecule has 0 spiro atoms. The summed E-state index contributed by atoms with van der Waals surface area (Å²) in [4.78, 5) is 23.5. The van der Waals surface area contributed by atoms with E-state index in [2.05, 4.69) is 10.6 Å². The fourth-order valence-electron chi connectivity index (χ4n) is 2.27. The largest absolute Gasteiger partial charge is 0.378 e. The number of nitrogens with one attached hydrogen (secondary N) is 2. The number of benzene rings is 1. The van der Waals surface area contributed by atoms with Crippen molar-refractivity contribution >= 4 is 29.9 Å². The van der Waals surface area contributed by atoms with Gasteiger partial charge in [0.05, 0.1) is 24.5 Å². The summed E-state index contributed by atoms with van der Waals surface area (Å²) in [6, 6.07) is 5.24. The van der Waals surface area contributed by atoms with Crippen LogP contribution >= 0.6 is 12.4 Å². The maximum atomic E-state index is 12.0. The van der Waals surface area contributed by atoms with Crippen molar-refractivity contribution in [3.63, 3.8) is 0 Å². The summed E-state index contributed by atoms with van der Waals surface area (Å²) in [5.41, 5.74) is 6.91. The Labute approximate surface area is 129 Å². The van der Waals surface area contributed by atoms with Crippen molar-refractivity contribution < 1.29 is 14.3 Å². The molecule has 1 unspecified atom stereocenters. The van der Waals surface area contributed by atoms with Gasteiger partial charge < -0.3 is 21.1 Å². The number of rotatable bonds is 4. The molecular formula is C14H20ClN3O3. The topological polar surface area (TPSA) is 93.4 Å².